The molecule has 1 aromatic rings. The molecule has 0 aliphatic rings. The fraction of sp³-hybridized carbons (Fsp3) is 0.556. The second-order valence-corrected chi connectivity index (χ2v) is 2.78. The van der Waals surface area contributed by atoms with Gasteiger partial charge in [-0.1, -0.05) is 0 Å². The summed E-state index contributed by atoms with van der Waals surface area (Å²) in [6.07, 6.45) is 1.59. The van der Waals surface area contributed by atoms with Crippen LogP contribution in [0, 0.1) is 0 Å². The fourth-order valence-electron chi connectivity index (χ4n) is 0.985. The van der Waals surface area contributed by atoms with Crippen LogP contribution in [0.25, 0.3) is 0 Å². The number of hydrogen-bond donors (Lipinski definition) is 0. The topological polar surface area (TPSA) is 53.5 Å². The fourth-order valence-corrected chi connectivity index (χ4v) is 0.985. The lowest BCUT2D eigenvalue weighted by Crippen LogP contribution is -2.28. The molecule has 1 aromatic heterocycles. The smallest absolute Gasteiger partial charge is 0.316 e. The van der Waals surface area contributed by atoms with Gasteiger partial charge in [0.15, 0.2) is 0 Å². The van der Waals surface area contributed by atoms with E-state index < -0.39 is 5.79 Å². The normalized spacial score (nSPS) is 11.4. The molecule has 0 bridgehead atoms. The molecule has 0 spiro atoms. The Bertz CT molecular complexity index is 300. The maximum absolute atomic E-state index is 5.20. The molecule has 0 saturated carbocycles. The molecule has 0 aliphatic carbocycles. The lowest BCUT2D eigenvalue weighted by atomic mass is 10.2. The molecular weight excluding hydrogens is 184 g/mol. The average Bonchev–Trinajstić information content (AvgIpc) is 2.28. The van der Waals surface area contributed by atoms with Crippen LogP contribution >= 0.6 is 0 Å². The Hall–Kier alpha value is -1.20. The summed E-state index contributed by atoms with van der Waals surface area (Å²) in [5.41, 5.74) is 0.620. The molecule has 0 aliphatic heterocycles. The van der Waals surface area contributed by atoms with Crippen molar-refractivity contribution >= 4 is 0 Å². The SMILES string of the molecule is COc1nccc(C(C)(OC)OC)n1. The van der Waals surface area contributed by atoms with Gasteiger partial charge in [0.2, 0.25) is 5.79 Å². The van der Waals surface area contributed by atoms with Gasteiger partial charge in [0.05, 0.1) is 7.11 Å². The lowest BCUT2D eigenvalue weighted by Gasteiger charge is -2.25. The van der Waals surface area contributed by atoms with Crippen molar-refractivity contribution in [2.45, 2.75) is 12.7 Å². The van der Waals surface area contributed by atoms with E-state index in [0.29, 0.717) is 11.7 Å². The van der Waals surface area contributed by atoms with Gasteiger partial charge in [-0.15, -0.1) is 0 Å². The van der Waals surface area contributed by atoms with Crippen LogP contribution < -0.4 is 4.74 Å². The van der Waals surface area contributed by atoms with Crippen LogP contribution in [0.4, 0.5) is 0 Å². The van der Waals surface area contributed by atoms with Crippen molar-refractivity contribution < 1.29 is 14.2 Å². The highest BCUT2D eigenvalue weighted by molar-refractivity contribution is 5.10. The number of ether oxygens (including phenoxy) is 3. The van der Waals surface area contributed by atoms with E-state index in [1.807, 2.05) is 0 Å². The molecule has 0 atom stereocenters. The highest BCUT2D eigenvalue weighted by Crippen LogP contribution is 2.23. The third kappa shape index (κ3) is 2.00. The third-order valence-corrected chi connectivity index (χ3v) is 2.06. The third-order valence-electron chi connectivity index (χ3n) is 2.06. The zero-order valence-electron chi connectivity index (χ0n) is 8.77. The minimum Gasteiger partial charge on any atom is -0.467 e. The second kappa shape index (κ2) is 4.34. The highest BCUT2D eigenvalue weighted by Gasteiger charge is 2.27. The molecule has 1 rings (SSSR count). The van der Waals surface area contributed by atoms with Gasteiger partial charge in [0.1, 0.15) is 5.69 Å². The first kappa shape index (κ1) is 10.9. The van der Waals surface area contributed by atoms with Crippen molar-refractivity contribution in [1.82, 2.24) is 9.97 Å². The highest BCUT2D eigenvalue weighted by atomic mass is 16.7. The van der Waals surface area contributed by atoms with Gasteiger partial charge in [-0.05, 0) is 13.0 Å². The van der Waals surface area contributed by atoms with Gasteiger partial charge in [0, 0.05) is 20.4 Å². The summed E-state index contributed by atoms with van der Waals surface area (Å²) in [5.74, 6) is -0.865. The van der Waals surface area contributed by atoms with Gasteiger partial charge in [0.25, 0.3) is 0 Å². The zero-order valence-corrected chi connectivity index (χ0v) is 8.77. The minimum atomic E-state index is -0.865. The van der Waals surface area contributed by atoms with E-state index >= 15 is 0 Å². The molecule has 14 heavy (non-hydrogen) atoms. The van der Waals surface area contributed by atoms with Crippen molar-refractivity contribution in [2.24, 2.45) is 0 Å². The van der Waals surface area contributed by atoms with Crippen LogP contribution in [0.2, 0.25) is 0 Å². The van der Waals surface area contributed by atoms with E-state index in [4.69, 9.17) is 14.2 Å². The molecule has 0 unspecified atom stereocenters. The zero-order chi connectivity index (χ0) is 10.6. The van der Waals surface area contributed by atoms with Gasteiger partial charge < -0.3 is 14.2 Å². The van der Waals surface area contributed by atoms with Crippen molar-refractivity contribution in [2.75, 3.05) is 21.3 Å². The molecule has 0 amide bonds. The standard InChI is InChI=1S/C9H14N2O3/c1-9(13-3,14-4)7-5-6-10-8(11-7)12-2/h5-6H,1-4H3. The van der Waals surface area contributed by atoms with Gasteiger partial charge in [-0.3, -0.25) is 0 Å². The second-order valence-electron chi connectivity index (χ2n) is 2.78. The Morgan fingerprint density at radius 3 is 2.36 bits per heavy atom. The molecule has 0 fully saturated rings. The number of methoxy groups -OCH3 is 3. The van der Waals surface area contributed by atoms with E-state index in [-0.39, 0.29) is 0 Å². The Balaban J connectivity index is 3.04. The van der Waals surface area contributed by atoms with E-state index in [1.54, 1.807) is 33.4 Å². The summed E-state index contributed by atoms with van der Waals surface area (Å²) in [6, 6.07) is 2.01. The molecule has 0 aromatic carbocycles. The summed E-state index contributed by atoms with van der Waals surface area (Å²) in [7, 11) is 4.62. The van der Waals surface area contributed by atoms with Gasteiger partial charge in [-0.2, -0.15) is 4.98 Å². The number of hydrogen-bond acceptors (Lipinski definition) is 5. The summed E-state index contributed by atoms with van der Waals surface area (Å²) in [4.78, 5) is 8.02. The number of nitrogens with zero attached hydrogens (tertiary/aromatic N) is 2. The monoisotopic (exact) mass is 198 g/mol. The molecule has 78 valence electrons. The van der Waals surface area contributed by atoms with Crippen molar-refractivity contribution in [3.05, 3.63) is 18.0 Å². The molecule has 1 heterocycles. The molecule has 0 saturated heterocycles. The van der Waals surface area contributed by atoms with Gasteiger partial charge >= 0.3 is 6.01 Å². The molecule has 0 radical (unpaired) electrons. The first-order valence-corrected chi connectivity index (χ1v) is 4.14. The predicted molar refractivity (Wildman–Crippen MR) is 50.0 cm³/mol. The maximum atomic E-state index is 5.20. The Kier molecular flexibility index (Phi) is 3.38. The summed E-state index contributed by atoms with van der Waals surface area (Å²) < 4.78 is 15.3. The Labute approximate surface area is 83.0 Å². The Morgan fingerprint density at radius 2 is 1.86 bits per heavy atom. The van der Waals surface area contributed by atoms with Crippen LogP contribution in [-0.4, -0.2) is 31.3 Å². The first-order valence-electron chi connectivity index (χ1n) is 4.14. The summed E-state index contributed by atoms with van der Waals surface area (Å²) >= 11 is 0. The average molecular weight is 198 g/mol. The number of aromatic nitrogens is 2. The minimum absolute atomic E-state index is 0.294. The number of rotatable bonds is 4. The van der Waals surface area contributed by atoms with Crippen molar-refractivity contribution in [3.63, 3.8) is 0 Å². The van der Waals surface area contributed by atoms with Crippen molar-refractivity contribution in [1.29, 1.82) is 0 Å². The summed E-state index contributed by atoms with van der Waals surface area (Å²) in [6.45, 7) is 1.77. The van der Waals surface area contributed by atoms with Crippen LogP contribution in [-0.2, 0) is 15.3 Å². The van der Waals surface area contributed by atoms with E-state index in [9.17, 15) is 0 Å². The quantitative estimate of drug-likeness (QED) is 0.674. The van der Waals surface area contributed by atoms with E-state index in [0.717, 1.165) is 0 Å². The van der Waals surface area contributed by atoms with Crippen LogP contribution in [0.15, 0.2) is 12.3 Å². The first-order chi connectivity index (χ1) is 6.66. The summed E-state index contributed by atoms with van der Waals surface area (Å²) in [5, 5.41) is 0. The van der Waals surface area contributed by atoms with Crippen LogP contribution in [0.5, 0.6) is 6.01 Å². The molecule has 5 heteroatoms. The predicted octanol–water partition coefficient (Wildman–Crippen LogP) is 0.951. The van der Waals surface area contributed by atoms with E-state index in [2.05, 4.69) is 9.97 Å². The molecule has 0 N–H and O–H groups in total. The van der Waals surface area contributed by atoms with Crippen LogP contribution in [0.3, 0.4) is 0 Å². The van der Waals surface area contributed by atoms with E-state index in [1.165, 1.54) is 7.11 Å². The lowest BCUT2D eigenvalue weighted by molar-refractivity contribution is -0.204. The maximum Gasteiger partial charge on any atom is 0.316 e. The van der Waals surface area contributed by atoms with Gasteiger partial charge in [-0.25, -0.2) is 4.98 Å². The van der Waals surface area contributed by atoms with Crippen LogP contribution in [0.1, 0.15) is 12.6 Å². The van der Waals surface area contributed by atoms with Crippen molar-refractivity contribution in [3.8, 4) is 6.01 Å². The molecular formula is C9H14N2O3. The largest absolute Gasteiger partial charge is 0.467 e. The Morgan fingerprint density at radius 1 is 1.21 bits per heavy atom. The molecule has 5 nitrogen and oxygen atoms in total.